The van der Waals surface area contributed by atoms with E-state index in [-0.39, 0.29) is 5.82 Å². The van der Waals surface area contributed by atoms with E-state index in [1.165, 1.54) is 6.07 Å². The molecule has 19 heavy (non-hydrogen) atoms. The lowest BCUT2D eigenvalue weighted by atomic mass is 10.1. The summed E-state index contributed by atoms with van der Waals surface area (Å²) in [4.78, 5) is 0. The van der Waals surface area contributed by atoms with Crippen molar-refractivity contribution in [2.45, 2.75) is 13.5 Å². The fourth-order valence-corrected chi connectivity index (χ4v) is 2.17. The topological polar surface area (TPSA) is 21.3 Å². The summed E-state index contributed by atoms with van der Waals surface area (Å²) in [6.45, 7) is 2.26. The van der Waals surface area contributed by atoms with Crippen LogP contribution in [-0.2, 0) is 6.54 Å². The van der Waals surface area contributed by atoms with Gasteiger partial charge in [-0.1, -0.05) is 29.8 Å². The number of hydrogen-bond acceptors (Lipinski definition) is 2. The lowest BCUT2D eigenvalue weighted by molar-refractivity contribution is 0.410. The van der Waals surface area contributed by atoms with Crippen molar-refractivity contribution >= 4 is 17.3 Å². The summed E-state index contributed by atoms with van der Waals surface area (Å²) < 4.78 is 19.0. The van der Waals surface area contributed by atoms with E-state index in [0.717, 1.165) is 11.1 Å². The lowest BCUT2D eigenvalue weighted by Gasteiger charge is -2.14. The Hall–Kier alpha value is -1.74. The highest BCUT2D eigenvalue weighted by Crippen LogP contribution is 2.28. The average Bonchev–Trinajstić information content (AvgIpc) is 2.39. The molecule has 0 radical (unpaired) electrons. The molecule has 0 aliphatic carbocycles. The number of nitrogens with one attached hydrogen (secondary N) is 1. The van der Waals surface area contributed by atoms with Crippen molar-refractivity contribution < 1.29 is 9.13 Å². The minimum Gasteiger partial charge on any atom is -0.496 e. The van der Waals surface area contributed by atoms with Crippen LogP contribution in [0.15, 0.2) is 36.4 Å². The number of ether oxygens (including phenoxy) is 1. The highest BCUT2D eigenvalue weighted by molar-refractivity contribution is 6.31. The number of aryl methyl sites for hydroxylation is 1. The van der Waals surface area contributed by atoms with Crippen LogP contribution in [0.1, 0.15) is 11.1 Å². The van der Waals surface area contributed by atoms with E-state index in [4.69, 9.17) is 16.3 Å². The first-order valence-electron chi connectivity index (χ1n) is 5.94. The molecular weight excluding hydrogens is 265 g/mol. The minimum absolute atomic E-state index is 0.272. The smallest absolute Gasteiger partial charge is 0.146 e. The van der Waals surface area contributed by atoms with Gasteiger partial charge < -0.3 is 10.1 Å². The van der Waals surface area contributed by atoms with Crippen LogP contribution in [0.4, 0.5) is 10.1 Å². The third-order valence-electron chi connectivity index (χ3n) is 2.96. The molecule has 2 aromatic carbocycles. The quantitative estimate of drug-likeness (QED) is 0.895. The second-order valence-electron chi connectivity index (χ2n) is 4.21. The Balaban J connectivity index is 2.24. The zero-order valence-electron chi connectivity index (χ0n) is 10.8. The van der Waals surface area contributed by atoms with Crippen molar-refractivity contribution in [2.75, 3.05) is 12.4 Å². The molecule has 2 nitrogen and oxygen atoms in total. The van der Waals surface area contributed by atoms with E-state index in [2.05, 4.69) is 5.32 Å². The molecule has 4 heteroatoms. The van der Waals surface area contributed by atoms with Crippen LogP contribution in [0.2, 0.25) is 5.02 Å². The SMILES string of the molecule is COc1cccc(Cl)c1CNc1c(C)cccc1F. The molecule has 0 saturated carbocycles. The van der Waals surface area contributed by atoms with E-state index >= 15 is 0 Å². The summed E-state index contributed by atoms with van der Waals surface area (Å²) in [6.07, 6.45) is 0. The average molecular weight is 280 g/mol. The molecule has 2 rings (SSSR count). The zero-order chi connectivity index (χ0) is 13.8. The van der Waals surface area contributed by atoms with Crippen LogP contribution < -0.4 is 10.1 Å². The first-order chi connectivity index (χ1) is 9.13. The van der Waals surface area contributed by atoms with Crippen LogP contribution >= 0.6 is 11.6 Å². The lowest BCUT2D eigenvalue weighted by Crippen LogP contribution is -2.05. The predicted molar refractivity (Wildman–Crippen MR) is 76.5 cm³/mol. The Labute approximate surface area is 117 Å². The van der Waals surface area contributed by atoms with Gasteiger partial charge in [0.15, 0.2) is 0 Å². The number of para-hydroxylation sites is 1. The first kappa shape index (κ1) is 13.7. The third kappa shape index (κ3) is 2.99. The van der Waals surface area contributed by atoms with Crippen LogP contribution in [0, 0.1) is 12.7 Å². The van der Waals surface area contributed by atoms with Gasteiger partial charge in [-0.05, 0) is 30.7 Å². The number of anilines is 1. The maximum Gasteiger partial charge on any atom is 0.146 e. The van der Waals surface area contributed by atoms with Crippen molar-refractivity contribution in [1.29, 1.82) is 0 Å². The fourth-order valence-electron chi connectivity index (χ4n) is 1.93. The molecule has 2 aromatic rings. The molecule has 0 aliphatic heterocycles. The molecule has 100 valence electrons. The van der Waals surface area contributed by atoms with Crippen molar-refractivity contribution in [2.24, 2.45) is 0 Å². The first-order valence-corrected chi connectivity index (χ1v) is 6.31. The largest absolute Gasteiger partial charge is 0.496 e. The van der Waals surface area contributed by atoms with Gasteiger partial charge in [0.1, 0.15) is 11.6 Å². The molecule has 0 aliphatic rings. The van der Waals surface area contributed by atoms with Gasteiger partial charge in [-0.15, -0.1) is 0 Å². The van der Waals surface area contributed by atoms with Crippen LogP contribution in [-0.4, -0.2) is 7.11 Å². The molecule has 0 saturated heterocycles. The van der Waals surface area contributed by atoms with Gasteiger partial charge in [0.25, 0.3) is 0 Å². The molecule has 0 atom stereocenters. The molecule has 0 heterocycles. The van der Waals surface area contributed by atoms with Crippen LogP contribution in [0.5, 0.6) is 5.75 Å². The summed E-state index contributed by atoms with van der Waals surface area (Å²) in [6, 6.07) is 10.4. The van der Waals surface area contributed by atoms with E-state index in [9.17, 15) is 4.39 Å². The normalized spacial score (nSPS) is 10.3. The number of rotatable bonds is 4. The molecule has 0 bridgehead atoms. The highest BCUT2D eigenvalue weighted by atomic mass is 35.5. The number of benzene rings is 2. The number of hydrogen-bond donors (Lipinski definition) is 1. The maximum absolute atomic E-state index is 13.7. The van der Waals surface area contributed by atoms with Gasteiger partial charge in [-0.25, -0.2) is 4.39 Å². The molecule has 0 unspecified atom stereocenters. The van der Waals surface area contributed by atoms with Crippen molar-refractivity contribution in [1.82, 2.24) is 0 Å². The van der Waals surface area contributed by atoms with E-state index in [1.54, 1.807) is 19.2 Å². The van der Waals surface area contributed by atoms with Gasteiger partial charge in [-0.2, -0.15) is 0 Å². The van der Waals surface area contributed by atoms with Crippen LogP contribution in [0.3, 0.4) is 0 Å². The third-order valence-corrected chi connectivity index (χ3v) is 3.31. The van der Waals surface area contributed by atoms with Crippen molar-refractivity contribution in [3.05, 3.63) is 58.4 Å². The summed E-state index contributed by atoms with van der Waals surface area (Å²) >= 11 is 6.14. The number of methoxy groups -OCH3 is 1. The molecule has 0 fully saturated rings. The van der Waals surface area contributed by atoms with Gasteiger partial charge in [-0.3, -0.25) is 0 Å². The van der Waals surface area contributed by atoms with Gasteiger partial charge in [0, 0.05) is 17.1 Å². The summed E-state index contributed by atoms with van der Waals surface area (Å²) in [5.41, 5.74) is 2.16. The Morgan fingerprint density at radius 3 is 2.63 bits per heavy atom. The summed E-state index contributed by atoms with van der Waals surface area (Å²) in [5, 5.41) is 3.67. The predicted octanol–water partition coefficient (Wildman–Crippen LogP) is 4.41. The van der Waals surface area contributed by atoms with Gasteiger partial charge in [0.05, 0.1) is 12.8 Å². The van der Waals surface area contributed by atoms with E-state index in [1.807, 2.05) is 25.1 Å². The van der Waals surface area contributed by atoms with Crippen molar-refractivity contribution in [3.63, 3.8) is 0 Å². The highest BCUT2D eigenvalue weighted by Gasteiger charge is 2.10. The summed E-state index contributed by atoms with van der Waals surface area (Å²) in [7, 11) is 1.59. The zero-order valence-corrected chi connectivity index (χ0v) is 11.6. The molecule has 0 amide bonds. The van der Waals surface area contributed by atoms with Crippen LogP contribution in [0.25, 0.3) is 0 Å². The van der Waals surface area contributed by atoms with Gasteiger partial charge in [0.2, 0.25) is 0 Å². The van der Waals surface area contributed by atoms with Crippen molar-refractivity contribution in [3.8, 4) is 5.75 Å². The molecule has 1 N–H and O–H groups in total. The minimum atomic E-state index is -0.272. The Kier molecular flexibility index (Phi) is 4.27. The van der Waals surface area contributed by atoms with E-state index < -0.39 is 0 Å². The summed E-state index contributed by atoms with van der Waals surface area (Å²) in [5.74, 6) is 0.417. The maximum atomic E-state index is 13.7. The number of halogens is 2. The monoisotopic (exact) mass is 279 g/mol. The second-order valence-corrected chi connectivity index (χ2v) is 4.61. The Bertz CT molecular complexity index is 566. The molecular formula is C15H15ClFNO. The standard InChI is InChI=1S/C15H15ClFNO/c1-10-5-3-7-13(17)15(10)18-9-11-12(16)6-4-8-14(11)19-2/h3-8,18H,9H2,1-2H3. The Morgan fingerprint density at radius 2 is 1.95 bits per heavy atom. The van der Waals surface area contributed by atoms with E-state index in [0.29, 0.717) is 23.0 Å². The van der Waals surface area contributed by atoms with Gasteiger partial charge >= 0.3 is 0 Å². The second kappa shape index (κ2) is 5.93. The fraction of sp³-hybridized carbons (Fsp3) is 0.200. The molecule has 0 spiro atoms. The molecule has 0 aromatic heterocycles. The Morgan fingerprint density at radius 1 is 1.21 bits per heavy atom.